The van der Waals surface area contributed by atoms with Crippen molar-refractivity contribution < 1.29 is 9.53 Å². The molecule has 0 unspecified atom stereocenters. The molecule has 0 atom stereocenters. The lowest BCUT2D eigenvalue weighted by Crippen LogP contribution is -2.40. The van der Waals surface area contributed by atoms with E-state index in [1.54, 1.807) is 31.4 Å². The van der Waals surface area contributed by atoms with E-state index in [0.29, 0.717) is 40.0 Å². The van der Waals surface area contributed by atoms with Crippen LogP contribution in [-0.2, 0) is 20.1 Å². The first kappa shape index (κ1) is 21.3. The quantitative estimate of drug-likeness (QED) is 0.633. The third-order valence-corrected chi connectivity index (χ3v) is 7.07. The second-order valence-electron chi connectivity index (χ2n) is 7.98. The second-order valence-corrected chi connectivity index (χ2v) is 9.01. The van der Waals surface area contributed by atoms with Gasteiger partial charge in [-0.05, 0) is 36.5 Å². The van der Waals surface area contributed by atoms with Gasteiger partial charge in [-0.15, -0.1) is 11.3 Å². The van der Waals surface area contributed by atoms with Crippen LogP contribution in [0.1, 0.15) is 47.3 Å². The summed E-state index contributed by atoms with van der Waals surface area (Å²) < 4.78 is 7.92. The van der Waals surface area contributed by atoms with Crippen LogP contribution in [0.4, 0.5) is 0 Å². The summed E-state index contributed by atoms with van der Waals surface area (Å²) in [6, 6.07) is 5.14. The van der Waals surface area contributed by atoms with Crippen molar-refractivity contribution >= 4 is 27.5 Å². The molecule has 0 radical (unpaired) electrons. The van der Waals surface area contributed by atoms with Crippen molar-refractivity contribution in [1.82, 2.24) is 19.4 Å². The number of methoxy groups -OCH3 is 1. The Kier molecular flexibility index (Phi) is 6.22. The summed E-state index contributed by atoms with van der Waals surface area (Å²) in [5.41, 5.74) is 0.224. The van der Waals surface area contributed by atoms with Crippen molar-refractivity contribution in [3.8, 4) is 5.88 Å². The Morgan fingerprint density at radius 2 is 2.03 bits per heavy atom. The standard InChI is InChI=1S/C22H26N4O4S/c1-25-21-16(20(28)26(22(25)29)13-14-6-4-3-5-7-14)11-17(31-21)19(27)24-12-15-8-9-23-18(10-15)30-2/h8-11,14H,3-7,12-13H2,1-2H3,(H,24,27). The smallest absolute Gasteiger partial charge is 0.331 e. The maximum absolute atomic E-state index is 13.1. The van der Waals surface area contributed by atoms with Gasteiger partial charge in [0.1, 0.15) is 4.83 Å². The zero-order valence-corrected chi connectivity index (χ0v) is 18.5. The molecule has 164 valence electrons. The van der Waals surface area contributed by atoms with E-state index in [9.17, 15) is 14.4 Å². The molecule has 1 fully saturated rings. The molecule has 4 rings (SSSR count). The van der Waals surface area contributed by atoms with Gasteiger partial charge in [0.05, 0.1) is 17.4 Å². The van der Waals surface area contributed by atoms with Crippen LogP contribution < -0.4 is 21.3 Å². The molecule has 0 saturated heterocycles. The molecule has 1 amide bonds. The Bertz CT molecular complexity index is 1220. The number of thiophene rings is 1. The number of aromatic nitrogens is 3. The van der Waals surface area contributed by atoms with Gasteiger partial charge in [0.2, 0.25) is 5.88 Å². The fourth-order valence-electron chi connectivity index (χ4n) is 4.13. The van der Waals surface area contributed by atoms with E-state index in [4.69, 9.17) is 4.74 Å². The highest BCUT2D eigenvalue weighted by atomic mass is 32.1. The van der Waals surface area contributed by atoms with Crippen LogP contribution in [0.25, 0.3) is 10.2 Å². The van der Waals surface area contributed by atoms with Crippen LogP contribution in [0.2, 0.25) is 0 Å². The molecule has 3 aromatic rings. The predicted octanol–water partition coefficient (Wildman–Crippen LogP) is 2.68. The number of carbonyl (C=O) groups excluding carboxylic acids is 1. The first-order valence-corrected chi connectivity index (χ1v) is 11.3. The number of carbonyl (C=O) groups is 1. The Labute approximate surface area is 183 Å². The molecule has 3 aromatic heterocycles. The van der Waals surface area contributed by atoms with E-state index < -0.39 is 0 Å². The first-order chi connectivity index (χ1) is 15.0. The lowest BCUT2D eigenvalue weighted by molar-refractivity contribution is 0.0955. The number of hydrogen-bond donors (Lipinski definition) is 1. The summed E-state index contributed by atoms with van der Waals surface area (Å²) in [6.45, 7) is 0.750. The largest absolute Gasteiger partial charge is 0.481 e. The van der Waals surface area contributed by atoms with Crippen LogP contribution in [0, 0.1) is 5.92 Å². The third kappa shape index (κ3) is 4.41. The molecule has 0 spiro atoms. The summed E-state index contributed by atoms with van der Waals surface area (Å²) in [7, 11) is 3.19. The minimum absolute atomic E-state index is 0.289. The fraction of sp³-hybridized carbons (Fsp3) is 0.455. The highest BCUT2D eigenvalue weighted by Gasteiger charge is 2.21. The molecular formula is C22H26N4O4S. The summed E-state index contributed by atoms with van der Waals surface area (Å²) >= 11 is 1.16. The topological polar surface area (TPSA) is 95.2 Å². The van der Waals surface area contributed by atoms with Crippen LogP contribution in [-0.4, -0.2) is 27.1 Å². The van der Waals surface area contributed by atoms with E-state index >= 15 is 0 Å². The van der Waals surface area contributed by atoms with Gasteiger partial charge in [0.15, 0.2) is 0 Å². The van der Waals surface area contributed by atoms with E-state index in [1.807, 2.05) is 0 Å². The molecule has 1 aliphatic carbocycles. The highest BCUT2D eigenvalue weighted by Crippen LogP contribution is 2.25. The monoisotopic (exact) mass is 442 g/mol. The molecule has 31 heavy (non-hydrogen) atoms. The predicted molar refractivity (Wildman–Crippen MR) is 120 cm³/mol. The van der Waals surface area contributed by atoms with Crippen LogP contribution in [0.15, 0.2) is 34.0 Å². The molecule has 8 nitrogen and oxygen atoms in total. The number of nitrogens with one attached hydrogen (secondary N) is 1. The normalized spacial score (nSPS) is 14.6. The lowest BCUT2D eigenvalue weighted by atomic mass is 9.89. The zero-order chi connectivity index (χ0) is 22.0. The lowest BCUT2D eigenvalue weighted by Gasteiger charge is -2.22. The number of aryl methyl sites for hydroxylation is 1. The van der Waals surface area contributed by atoms with Crippen LogP contribution in [0.3, 0.4) is 0 Å². The van der Waals surface area contributed by atoms with Gasteiger partial charge < -0.3 is 10.1 Å². The zero-order valence-electron chi connectivity index (χ0n) is 17.7. The van der Waals surface area contributed by atoms with Crippen molar-refractivity contribution in [2.24, 2.45) is 13.0 Å². The Morgan fingerprint density at radius 3 is 2.77 bits per heavy atom. The van der Waals surface area contributed by atoms with Crippen molar-refractivity contribution in [2.75, 3.05) is 7.11 Å². The minimum Gasteiger partial charge on any atom is -0.481 e. The number of hydrogen-bond acceptors (Lipinski definition) is 6. The Hall–Kier alpha value is -2.94. The van der Waals surface area contributed by atoms with E-state index in [2.05, 4.69) is 10.3 Å². The van der Waals surface area contributed by atoms with Gasteiger partial charge >= 0.3 is 5.69 Å². The molecule has 0 aromatic carbocycles. The number of pyridine rings is 1. The molecule has 9 heteroatoms. The van der Waals surface area contributed by atoms with Crippen molar-refractivity contribution in [1.29, 1.82) is 0 Å². The van der Waals surface area contributed by atoms with Gasteiger partial charge in [-0.1, -0.05) is 19.3 Å². The summed E-state index contributed by atoms with van der Waals surface area (Å²) in [5, 5.41) is 3.27. The Balaban J connectivity index is 1.58. The van der Waals surface area contributed by atoms with Crippen LogP contribution in [0.5, 0.6) is 5.88 Å². The van der Waals surface area contributed by atoms with Gasteiger partial charge in [-0.2, -0.15) is 0 Å². The van der Waals surface area contributed by atoms with Gasteiger partial charge in [0, 0.05) is 32.4 Å². The van der Waals surface area contributed by atoms with Gasteiger partial charge in [-0.25, -0.2) is 9.78 Å². The van der Waals surface area contributed by atoms with Gasteiger partial charge in [-0.3, -0.25) is 18.7 Å². The SMILES string of the molecule is COc1cc(CNC(=O)c2cc3c(=O)n(CC4CCCCC4)c(=O)n(C)c3s2)ccn1. The number of rotatable bonds is 6. The van der Waals surface area contributed by atoms with Crippen molar-refractivity contribution in [3.63, 3.8) is 0 Å². The summed E-state index contributed by atoms with van der Waals surface area (Å²) in [5.74, 6) is 0.542. The maximum atomic E-state index is 13.1. The van der Waals surface area contributed by atoms with Crippen LogP contribution >= 0.6 is 11.3 Å². The summed E-state index contributed by atoms with van der Waals surface area (Å²) in [4.78, 5) is 43.6. The average Bonchev–Trinajstić information content (AvgIpc) is 3.26. The molecule has 1 aliphatic rings. The van der Waals surface area contributed by atoms with Crippen molar-refractivity contribution in [3.05, 3.63) is 55.7 Å². The van der Waals surface area contributed by atoms with E-state index in [-0.39, 0.29) is 17.2 Å². The van der Waals surface area contributed by atoms with Crippen molar-refractivity contribution in [2.45, 2.75) is 45.2 Å². The summed E-state index contributed by atoms with van der Waals surface area (Å²) in [6.07, 6.45) is 7.22. The van der Waals surface area contributed by atoms with E-state index in [1.165, 1.54) is 22.7 Å². The van der Waals surface area contributed by atoms with Gasteiger partial charge in [0.25, 0.3) is 11.5 Å². The second kappa shape index (κ2) is 9.05. The van der Waals surface area contributed by atoms with E-state index in [0.717, 1.165) is 42.6 Å². The number of amides is 1. The molecule has 3 heterocycles. The minimum atomic E-state index is -0.319. The third-order valence-electron chi connectivity index (χ3n) is 5.86. The molecule has 1 saturated carbocycles. The average molecular weight is 443 g/mol. The first-order valence-electron chi connectivity index (χ1n) is 10.5. The number of ether oxygens (including phenoxy) is 1. The molecule has 1 N–H and O–H groups in total. The highest BCUT2D eigenvalue weighted by molar-refractivity contribution is 7.20. The number of nitrogens with zero attached hydrogens (tertiary/aromatic N) is 3. The molecule has 0 aliphatic heterocycles. The number of fused-ring (bicyclic) bond motifs is 1. The molecule has 0 bridgehead atoms. The maximum Gasteiger partial charge on any atom is 0.331 e. The fourth-order valence-corrected chi connectivity index (χ4v) is 5.15. The molecular weight excluding hydrogens is 416 g/mol. The Morgan fingerprint density at radius 1 is 1.26 bits per heavy atom.